The number of carbonyl (C=O) groups excluding carboxylic acids is 2. The van der Waals surface area contributed by atoms with Gasteiger partial charge >= 0.3 is 0 Å². The molecule has 22 heavy (non-hydrogen) atoms. The van der Waals surface area contributed by atoms with Gasteiger partial charge in [-0.1, -0.05) is 30.3 Å². The van der Waals surface area contributed by atoms with Crippen LogP contribution in [0.25, 0.3) is 0 Å². The maximum atomic E-state index is 12.6. The van der Waals surface area contributed by atoms with Crippen molar-refractivity contribution in [3.63, 3.8) is 0 Å². The number of hydrogen-bond donors (Lipinski definition) is 1. The second-order valence-electron chi connectivity index (χ2n) is 4.92. The van der Waals surface area contributed by atoms with Gasteiger partial charge in [-0.25, -0.2) is 9.96 Å². The summed E-state index contributed by atoms with van der Waals surface area (Å²) in [5, 5.41) is 11.1. The van der Waals surface area contributed by atoms with Crippen LogP contribution in [-0.2, 0) is 9.59 Å². The molecule has 6 heteroatoms. The van der Waals surface area contributed by atoms with Crippen LogP contribution in [0.5, 0.6) is 0 Å². The quantitative estimate of drug-likeness (QED) is 0.482. The summed E-state index contributed by atoms with van der Waals surface area (Å²) in [6.45, 7) is 0. The van der Waals surface area contributed by atoms with E-state index in [1.807, 2.05) is 18.2 Å². The largest absolute Gasteiger partial charge is 0.288 e. The molecule has 0 bridgehead atoms. The van der Waals surface area contributed by atoms with Crippen LogP contribution in [0, 0.1) is 3.57 Å². The number of para-hydroxylation sites is 2. The summed E-state index contributed by atoms with van der Waals surface area (Å²) >= 11 is 2.08. The minimum atomic E-state index is -0.897. The standard InChI is InChI=1S/C16H13IN2O3/c17-12-8-4-5-9-13(12)18-15(20)10-14(16(18)21)19(22)11-6-2-1-3-7-11/h1-9,14,22H,10H2/t14-/m1/s1. The van der Waals surface area contributed by atoms with Gasteiger partial charge < -0.3 is 0 Å². The topological polar surface area (TPSA) is 60.9 Å². The van der Waals surface area contributed by atoms with Crippen molar-refractivity contribution in [2.75, 3.05) is 9.96 Å². The molecule has 1 atom stereocenters. The Morgan fingerprint density at radius 1 is 1.05 bits per heavy atom. The molecule has 1 heterocycles. The Kier molecular flexibility index (Phi) is 4.12. The Morgan fingerprint density at radius 2 is 1.68 bits per heavy atom. The Labute approximate surface area is 141 Å². The summed E-state index contributed by atoms with van der Waals surface area (Å²) in [6, 6.07) is 15.0. The molecule has 2 amide bonds. The first-order chi connectivity index (χ1) is 10.6. The molecule has 0 spiro atoms. The first-order valence-electron chi connectivity index (χ1n) is 6.74. The Morgan fingerprint density at radius 3 is 2.36 bits per heavy atom. The van der Waals surface area contributed by atoms with E-state index in [0.29, 0.717) is 11.4 Å². The van der Waals surface area contributed by atoms with Crippen LogP contribution in [0.15, 0.2) is 54.6 Å². The number of nitrogens with zero attached hydrogens (tertiary/aromatic N) is 2. The zero-order valence-corrected chi connectivity index (χ0v) is 13.7. The highest BCUT2D eigenvalue weighted by Gasteiger charge is 2.43. The van der Waals surface area contributed by atoms with E-state index >= 15 is 0 Å². The van der Waals surface area contributed by atoms with Crippen molar-refractivity contribution < 1.29 is 14.8 Å². The van der Waals surface area contributed by atoms with Crippen LogP contribution >= 0.6 is 22.6 Å². The third kappa shape index (κ3) is 2.59. The molecule has 0 radical (unpaired) electrons. The number of benzene rings is 2. The zero-order valence-electron chi connectivity index (χ0n) is 11.5. The molecule has 0 saturated carbocycles. The van der Waals surface area contributed by atoms with E-state index in [0.717, 1.165) is 13.5 Å². The molecule has 112 valence electrons. The van der Waals surface area contributed by atoms with Gasteiger partial charge in [0.2, 0.25) is 5.91 Å². The van der Waals surface area contributed by atoms with Gasteiger partial charge in [0.05, 0.1) is 17.8 Å². The summed E-state index contributed by atoms with van der Waals surface area (Å²) in [6.07, 6.45) is -0.0464. The predicted molar refractivity (Wildman–Crippen MR) is 90.8 cm³/mol. The lowest BCUT2D eigenvalue weighted by atomic mass is 10.2. The van der Waals surface area contributed by atoms with Crippen molar-refractivity contribution in [3.8, 4) is 0 Å². The highest BCUT2D eigenvalue weighted by molar-refractivity contribution is 14.1. The van der Waals surface area contributed by atoms with E-state index in [2.05, 4.69) is 22.6 Å². The molecule has 2 aromatic rings. The fourth-order valence-corrected chi connectivity index (χ4v) is 3.08. The van der Waals surface area contributed by atoms with Crippen LogP contribution in [-0.4, -0.2) is 23.1 Å². The van der Waals surface area contributed by atoms with E-state index < -0.39 is 11.9 Å². The first-order valence-corrected chi connectivity index (χ1v) is 7.82. The smallest absolute Gasteiger partial charge is 0.259 e. The summed E-state index contributed by atoms with van der Waals surface area (Å²) in [4.78, 5) is 26.0. The Hall–Kier alpha value is -1.93. The van der Waals surface area contributed by atoms with Crippen LogP contribution in [0.3, 0.4) is 0 Å². The lowest BCUT2D eigenvalue weighted by Crippen LogP contribution is -2.40. The second kappa shape index (κ2) is 6.05. The maximum Gasteiger partial charge on any atom is 0.259 e. The minimum Gasteiger partial charge on any atom is -0.288 e. The lowest BCUT2D eigenvalue weighted by molar-refractivity contribution is -0.121. The van der Waals surface area contributed by atoms with E-state index in [1.54, 1.807) is 36.4 Å². The fourth-order valence-electron chi connectivity index (χ4n) is 2.45. The fraction of sp³-hybridized carbons (Fsp3) is 0.125. The first kappa shape index (κ1) is 15.0. The number of carbonyl (C=O) groups is 2. The normalized spacial score (nSPS) is 17.9. The maximum absolute atomic E-state index is 12.6. The molecule has 0 aliphatic carbocycles. The highest BCUT2D eigenvalue weighted by Crippen LogP contribution is 2.30. The molecule has 1 aliphatic heterocycles. The zero-order chi connectivity index (χ0) is 15.7. The summed E-state index contributed by atoms with van der Waals surface area (Å²) < 4.78 is 0.812. The molecule has 0 unspecified atom stereocenters. The van der Waals surface area contributed by atoms with Crippen LogP contribution in [0.2, 0.25) is 0 Å². The molecular weight excluding hydrogens is 395 g/mol. The van der Waals surface area contributed by atoms with Gasteiger partial charge in [0, 0.05) is 3.57 Å². The number of imide groups is 1. The molecule has 3 rings (SSSR count). The van der Waals surface area contributed by atoms with Crippen molar-refractivity contribution >= 4 is 45.8 Å². The van der Waals surface area contributed by atoms with Crippen LogP contribution in [0.4, 0.5) is 11.4 Å². The van der Waals surface area contributed by atoms with E-state index in [4.69, 9.17) is 0 Å². The summed E-state index contributed by atoms with van der Waals surface area (Å²) in [7, 11) is 0. The van der Waals surface area contributed by atoms with Crippen LogP contribution < -0.4 is 9.96 Å². The summed E-state index contributed by atoms with van der Waals surface area (Å²) in [5.74, 6) is -0.727. The Balaban J connectivity index is 1.91. The molecule has 0 aromatic heterocycles. The molecule has 1 N–H and O–H groups in total. The SMILES string of the molecule is O=C1C[C@@H](N(O)c2ccccc2)C(=O)N1c1ccccc1I. The average molecular weight is 408 g/mol. The monoisotopic (exact) mass is 408 g/mol. The second-order valence-corrected chi connectivity index (χ2v) is 6.08. The number of halogens is 1. The van der Waals surface area contributed by atoms with Crippen LogP contribution in [0.1, 0.15) is 6.42 Å². The molecule has 1 fully saturated rings. The number of anilines is 2. The van der Waals surface area contributed by atoms with Crippen molar-refractivity contribution in [3.05, 3.63) is 58.2 Å². The van der Waals surface area contributed by atoms with Gasteiger partial charge in [-0.05, 0) is 46.9 Å². The molecule has 1 aliphatic rings. The third-order valence-electron chi connectivity index (χ3n) is 3.53. The van der Waals surface area contributed by atoms with Crippen molar-refractivity contribution in [2.24, 2.45) is 0 Å². The van der Waals surface area contributed by atoms with Gasteiger partial charge in [0.1, 0.15) is 6.04 Å². The Bertz CT molecular complexity index is 720. The van der Waals surface area contributed by atoms with Crippen molar-refractivity contribution in [1.82, 2.24) is 0 Å². The number of rotatable bonds is 3. The van der Waals surface area contributed by atoms with Gasteiger partial charge in [-0.15, -0.1) is 0 Å². The van der Waals surface area contributed by atoms with Gasteiger partial charge in [0.15, 0.2) is 0 Å². The molecular formula is C16H13IN2O3. The van der Waals surface area contributed by atoms with Crippen molar-refractivity contribution in [1.29, 1.82) is 0 Å². The average Bonchev–Trinajstić information content (AvgIpc) is 2.83. The summed E-state index contributed by atoms with van der Waals surface area (Å²) in [5.41, 5.74) is 1.04. The number of hydrogen-bond acceptors (Lipinski definition) is 4. The third-order valence-corrected chi connectivity index (χ3v) is 4.44. The minimum absolute atomic E-state index is 0.0464. The van der Waals surface area contributed by atoms with E-state index in [9.17, 15) is 14.8 Å². The lowest BCUT2D eigenvalue weighted by Gasteiger charge is -2.23. The van der Waals surface area contributed by atoms with E-state index in [-0.39, 0.29) is 12.3 Å². The molecule has 5 nitrogen and oxygen atoms in total. The van der Waals surface area contributed by atoms with Gasteiger partial charge in [-0.3, -0.25) is 14.8 Å². The van der Waals surface area contributed by atoms with Gasteiger partial charge in [0.25, 0.3) is 5.91 Å². The van der Waals surface area contributed by atoms with E-state index in [1.165, 1.54) is 0 Å². The highest BCUT2D eigenvalue weighted by atomic mass is 127. The number of amides is 2. The molecule has 2 aromatic carbocycles. The molecule has 1 saturated heterocycles. The van der Waals surface area contributed by atoms with Gasteiger partial charge in [-0.2, -0.15) is 0 Å². The van der Waals surface area contributed by atoms with Crippen molar-refractivity contribution in [2.45, 2.75) is 12.5 Å². The number of hydroxylamine groups is 1. The predicted octanol–water partition coefficient (Wildman–Crippen LogP) is 2.82.